The molecule has 1 aliphatic rings. The van der Waals surface area contributed by atoms with E-state index in [1.165, 1.54) is 4.88 Å². The average Bonchev–Trinajstić information content (AvgIpc) is 2.85. The zero-order valence-electron chi connectivity index (χ0n) is 11.0. The Morgan fingerprint density at radius 1 is 1.37 bits per heavy atom. The van der Waals surface area contributed by atoms with E-state index >= 15 is 0 Å². The summed E-state index contributed by atoms with van der Waals surface area (Å²) in [6.45, 7) is 1.92. The van der Waals surface area contributed by atoms with Crippen molar-refractivity contribution in [1.82, 2.24) is 4.90 Å². The molecule has 2 heterocycles. The summed E-state index contributed by atoms with van der Waals surface area (Å²) in [6.07, 6.45) is 4.89. The maximum absolute atomic E-state index is 11.5. The fraction of sp³-hybridized carbons (Fsp3) is 0.643. The van der Waals surface area contributed by atoms with Gasteiger partial charge in [0.25, 0.3) is 0 Å². The van der Waals surface area contributed by atoms with Crippen molar-refractivity contribution in [3.8, 4) is 0 Å². The number of rotatable bonds is 7. The average molecular weight is 283 g/mol. The van der Waals surface area contributed by atoms with E-state index in [1.807, 2.05) is 11.4 Å². The third-order valence-electron chi connectivity index (χ3n) is 3.65. The highest BCUT2D eigenvalue weighted by atomic mass is 32.1. The lowest BCUT2D eigenvalue weighted by molar-refractivity contribution is -0.144. The number of carbonyl (C=O) groups is 1. The Bertz CT molecular complexity index is 419. The molecular formula is C14H21NO3S. The number of hydrogen-bond donors (Lipinski definition) is 2. The summed E-state index contributed by atoms with van der Waals surface area (Å²) in [5.74, 6) is -0.741. The normalized spacial score (nSPS) is 19.3. The van der Waals surface area contributed by atoms with E-state index in [4.69, 9.17) is 5.11 Å². The number of carboxylic acids is 1. The minimum atomic E-state index is -0.741. The van der Waals surface area contributed by atoms with Gasteiger partial charge in [0.05, 0.1) is 0 Å². The molecule has 106 valence electrons. The number of hydrogen-bond acceptors (Lipinski definition) is 4. The van der Waals surface area contributed by atoms with Gasteiger partial charge in [-0.1, -0.05) is 12.8 Å². The zero-order chi connectivity index (χ0) is 13.7. The molecule has 0 saturated heterocycles. The van der Waals surface area contributed by atoms with Crippen LogP contribution in [-0.2, 0) is 11.2 Å². The second-order valence-corrected chi connectivity index (χ2v) is 5.96. The Morgan fingerprint density at radius 2 is 2.16 bits per heavy atom. The smallest absolute Gasteiger partial charge is 0.325 e. The van der Waals surface area contributed by atoms with Crippen molar-refractivity contribution in [2.45, 2.75) is 38.1 Å². The van der Waals surface area contributed by atoms with Crippen molar-refractivity contribution in [2.75, 3.05) is 19.7 Å². The molecular weight excluding hydrogens is 262 g/mol. The predicted octanol–water partition coefficient (Wildman–Crippen LogP) is 2.28. The van der Waals surface area contributed by atoms with Gasteiger partial charge in [0.1, 0.15) is 6.04 Å². The molecule has 0 radical (unpaired) electrons. The molecule has 0 spiro atoms. The Kier molecular flexibility index (Phi) is 5.36. The third-order valence-corrected chi connectivity index (χ3v) is 4.65. The minimum absolute atomic E-state index is 0.250. The number of carboxylic acid groups (broad SMARTS) is 1. The maximum Gasteiger partial charge on any atom is 0.325 e. The van der Waals surface area contributed by atoms with Crippen LogP contribution in [0.25, 0.3) is 0 Å². The molecule has 2 N–H and O–H groups in total. The Hall–Kier alpha value is -0.910. The highest BCUT2D eigenvalue weighted by Gasteiger charge is 2.33. The summed E-state index contributed by atoms with van der Waals surface area (Å²) in [7, 11) is 0. The Labute approximate surface area is 117 Å². The highest BCUT2D eigenvalue weighted by molar-refractivity contribution is 7.10. The monoisotopic (exact) mass is 283 g/mol. The SMILES string of the molecule is O=C(O)C1c2ccsc2CCN1CCCCCCO. The van der Waals surface area contributed by atoms with Crippen LogP contribution in [0.4, 0.5) is 0 Å². The lowest BCUT2D eigenvalue weighted by Crippen LogP contribution is -2.39. The number of aliphatic hydroxyl groups excluding tert-OH is 1. The lowest BCUT2D eigenvalue weighted by Gasteiger charge is -2.33. The van der Waals surface area contributed by atoms with Gasteiger partial charge >= 0.3 is 5.97 Å². The number of fused-ring (bicyclic) bond motifs is 1. The van der Waals surface area contributed by atoms with Gasteiger partial charge in [-0.2, -0.15) is 0 Å². The zero-order valence-corrected chi connectivity index (χ0v) is 11.9. The van der Waals surface area contributed by atoms with Crippen molar-refractivity contribution in [1.29, 1.82) is 0 Å². The maximum atomic E-state index is 11.5. The molecule has 2 rings (SSSR count). The molecule has 4 nitrogen and oxygen atoms in total. The van der Waals surface area contributed by atoms with E-state index in [-0.39, 0.29) is 6.61 Å². The fourth-order valence-electron chi connectivity index (χ4n) is 2.68. The van der Waals surface area contributed by atoms with Gasteiger partial charge in [-0.3, -0.25) is 9.69 Å². The van der Waals surface area contributed by atoms with Gasteiger partial charge in [-0.15, -0.1) is 11.3 Å². The summed E-state index contributed by atoms with van der Waals surface area (Å²) in [6, 6.07) is 1.49. The van der Waals surface area contributed by atoms with E-state index in [0.717, 1.165) is 50.8 Å². The third kappa shape index (κ3) is 3.55. The number of aliphatic carboxylic acids is 1. The van der Waals surface area contributed by atoms with Gasteiger partial charge in [-0.25, -0.2) is 0 Å². The summed E-state index contributed by atoms with van der Waals surface area (Å²) >= 11 is 1.67. The van der Waals surface area contributed by atoms with Crippen molar-refractivity contribution in [3.05, 3.63) is 21.9 Å². The number of aliphatic hydroxyl groups is 1. The summed E-state index contributed by atoms with van der Waals surface area (Å²) in [5.41, 5.74) is 0.985. The molecule has 19 heavy (non-hydrogen) atoms. The van der Waals surface area contributed by atoms with Crippen molar-refractivity contribution < 1.29 is 15.0 Å². The van der Waals surface area contributed by atoms with E-state index < -0.39 is 12.0 Å². The van der Waals surface area contributed by atoms with Crippen LogP contribution in [0.15, 0.2) is 11.4 Å². The lowest BCUT2D eigenvalue weighted by atomic mass is 9.99. The first-order valence-electron chi connectivity index (χ1n) is 6.88. The molecule has 0 aromatic carbocycles. The first-order chi connectivity index (χ1) is 9.24. The number of thiophene rings is 1. The fourth-order valence-corrected chi connectivity index (χ4v) is 3.58. The van der Waals surface area contributed by atoms with Crippen LogP contribution in [0.5, 0.6) is 0 Å². The largest absolute Gasteiger partial charge is 0.480 e. The molecule has 1 aromatic heterocycles. The van der Waals surface area contributed by atoms with Crippen LogP contribution in [-0.4, -0.2) is 40.8 Å². The first kappa shape index (κ1) is 14.5. The number of nitrogens with zero attached hydrogens (tertiary/aromatic N) is 1. The summed E-state index contributed by atoms with van der Waals surface area (Å²) in [5, 5.41) is 20.2. The standard InChI is InChI=1S/C14H21NO3S/c16-9-4-2-1-3-7-15-8-5-12-11(6-10-19-12)13(15)14(17)18/h6,10,13,16H,1-5,7-9H2,(H,17,18). The highest BCUT2D eigenvalue weighted by Crippen LogP contribution is 2.33. The van der Waals surface area contributed by atoms with Gasteiger partial charge in [0.15, 0.2) is 0 Å². The quantitative estimate of drug-likeness (QED) is 0.754. The molecule has 1 unspecified atom stereocenters. The predicted molar refractivity (Wildman–Crippen MR) is 75.5 cm³/mol. The van der Waals surface area contributed by atoms with E-state index in [2.05, 4.69) is 4.90 Å². The van der Waals surface area contributed by atoms with Crippen LogP contribution in [0.2, 0.25) is 0 Å². The van der Waals surface area contributed by atoms with Gasteiger partial charge in [-0.05, 0) is 42.8 Å². The van der Waals surface area contributed by atoms with Crippen LogP contribution >= 0.6 is 11.3 Å². The Balaban J connectivity index is 1.92. The number of unbranched alkanes of at least 4 members (excludes halogenated alkanes) is 3. The topological polar surface area (TPSA) is 60.8 Å². The van der Waals surface area contributed by atoms with E-state index in [1.54, 1.807) is 11.3 Å². The Morgan fingerprint density at radius 3 is 2.89 bits per heavy atom. The molecule has 5 heteroatoms. The first-order valence-corrected chi connectivity index (χ1v) is 7.76. The van der Waals surface area contributed by atoms with Crippen LogP contribution < -0.4 is 0 Å². The second-order valence-electron chi connectivity index (χ2n) is 4.96. The minimum Gasteiger partial charge on any atom is -0.480 e. The van der Waals surface area contributed by atoms with Crippen LogP contribution in [0.3, 0.4) is 0 Å². The van der Waals surface area contributed by atoms with Crippen molar-refractivity contribution in [2.24, 2.45) is 0 Å². The van der Waals surface area contributed by atoms with E-state index in [9.17, 15) is 9.90 Å². The molecule has 1 aromatic rings. The molecule has 1 atom stereocenters. The molecule has 0 bridgehead atoms. The second kappa shape index (κ2) is 7.03. The molecule has 0 aliphatic carbocycles. The summed E-state index contributed by atoms with van der Waals surface area (Å²) < 4.78 is 0. The van der Waals surface area contributed by atoms with Crippen LogP contribution in [0.1, 0.15) is 42.2 Å². The molecule has 0 fully saturated rings. The van der Waals surface area contributed by atoms with Crippen molar-refractivity contribution >= 4 is 17.3 Å². The summed E-state index contributed by atoms with van der Waals surface area (Å²) in [4.78, 5) is 14.8. The molecule has 0 saturated carbocycles. The van der Waals surface area contributed by atoms with Crippen LogP contribution in [0, 0.1) is 0 Å². The van der Waals surface area contributed by atoms with Gasteiger partial charge in [0.2, 0.25) is 0 Å². The molecule has 0 amide bonds. The van der Waals surface area contributed by atoms with Gasteiger partial charge in [0, 0.05) is 18.0 Å². The molecule has 1 aliphatic heterocycles. The van der Waals surface area contributed by atoms with Crippen molar-refractivity contribution in [3.63, 3.8) is 0 Å². The van der Waals surface area contributed by atoms with Gasteiger partial charge < -0.3 is 10.2 Å². The van der Waals surface area contributed by atoms with E-state index in [0.29, 0.717) is 0 Å².